The summed E-state index contributed by atoms with van der Waals surface area (Å²) in [6, 6.07) is 55.1. The van der Waals surface area contributed by atoms with Crippen LogP contribution in [0.5, 0.6) is 0 Å². The molecule has 0 saturated carbocycles. The smallest absolute Gasteiger partial charge is 0.240 e. The van der Waals surface area contributed by atoms with Gasteiger partial charge < -0.3 is 4.90 Å². The summed E-state index contributed by atoms with van der Waals surface area (Å²) in [5.74, 6) is 2.42. The van der Waals surface area contributed by atoms with E-state index < -0.39 is 8.07 Å². The van der Waals surface area contributed by atoms with E-state index in [-0.39, 0.29) is 13.4 Å². The second kappa shape index (κ2) is 17.7. The average Bonchev–Trinajstić information content (AvgIpc) is 3.30. The molecule has 7 aromatic rings. The Bertz CT molecular complexity index is 2840. The number of hydrogen-bond acceptors (Lipinski definition) is 1. The number of anilines is 3. The third-order valence-electron chi connectivity index (χ3n) is 15.3. The third-order valence-corrected chi connectivity index (χ3v) is 18.9. The number of benzene rings is 7. The van der Waals surface area contributed by atoms with Crippen LogP contribution in [0.15, 0.2) is 140 Å². The molecule has 0 spiro atoms. The van der Waals surface area contributed by atoms with Crippen molar-refractivity contribution in [3.05, 3.63) is 173 Å². The molecule has 0 bridgehead atoms. The molecule has 0 fully saturated rings. The van der Waals surface area contributed by atoms with Gasteiger partial charge in [0, 0.05) is 17.1 Å². The summed E-state index contributed by atoms with van der Waals surface area (Å²) < 4.78 is 0. The van der Waals surface area contributed by atoms with Gasteiger partial charge >= 0.3 is 0 Å². The van der Waals surface area contributed by atoms with Crippen molar-refractivity contribution in [2.45, 2.75) is 132 Å². The molecule has 0 amide bonds. The molecule has 0 aromatic heterocycles. The van der Waals surface area contributed by atoms with Gasteiger partial charge in [0.2, 0.25) is 13.4 Å². The predicted octanol–water partition coefficient (Wildman–Crippen LogP) is 12.0. The van der Waals surface area contributed by atoms with Crippen molar-refractivity contribution in [1.29, 1.82) is 0 Å². The number of hydrogen-bond donors (Lipinski definition) is 0. The second-order valence-corrected chi connectivity index (χ2v) is 26.4. The highest BCUT2D eigenvalue weighted by molar-refractivity contribution is 7.11. The van der Waals surface area contributed by atoms with Crippen LogP contribution in [0.3, 0.4) is 0 Å². The highest BCUT2D eigenvalue weighted by Gasteiger charge is 2.43. The maximum Gasteiger partial charge on any atom is 0.240 e. The van der Waals surface area contributed by atoms with E-state index in [0.717, 1.165) is 0 Å². The van der Waals surface area contributed by atoms with Crippen LogP contribution in [0, 0.1) is 0 Å². The van der Waals surface area contributed by atoms with Crippen LogP contribution in [0.2, 0.25) is 13.1 Å². The molecule has 4 heteroatoms. The molecule has 2 aliphatic heterocycles. The van der Waals surface area contributed by atoms with Crippen molar-refractivity contribution in [2.75, 3.05) is 4.90 Å². The highest BCUT2D eigenvalue weighted by Crippen LogP contribution is 2.39. The van der Waals surface area contributed by atoms with Crippen LogP contribution in [0.4, 0.5) is 17.1 Å². The molecule has 0 saturated heterocycles. The van der Waals surface area contributed by atoms with Crippen molar-refractivity contribution >= 4 is 81.7 Å². The first kappa shape index (κ1) is 45.8. The van der Waals surface area contributed by atoms with E-state index in [1.165, 1.54) is 105 Å². The quantitative estimate of drug-likeness (QED) is 0.124. The van der Waals surface area contributed by atoms with E-state index in [1.807, 2.05) is 0 Å². The molecule has 1 nitrogen and oxygen atoms in total. The molecule has 2 heterocycles. The van der Waals surface area contributed by atoms with Crippen molar-refractivity contribution in [1.82, 2.24) is 0 Å². The maximum absolute atomic E-state index is 2.62. The summed E-state index contributed by atoms with van der Waals surface area (Å²) in [5, 5.41) is 2.98. The van der Waals surface area contributed by atoms with Gasteiger partial charge in [0.1, 0.15) is 8.07 Å². The fourth-order valence-electron chi connectivity index (χ4n) is 11.7. The first-order valence-electron chi connectivity index (χ1n) is 25.2. The summed E-state index contributed by atoms with van der Waals surface area (Å²) in [4.78, 5) is 2.53. The van der Waals surface area contributed by atoms with Gasteiger partial charge in [-0.15, -0.1) is 0 Å². The van der Waals surface area contributed by atoms with Gasteiger partial charge in [0.05, 0.1) is 0 Å². The minimum atomic E-state index is -1.91. The zero-order valence-electron chi connectivity index (χ0n) is 42.3. The average molecular weight is 880 g/mol. The van der Waals surface area contributed by atoms with Gasteiger partial charge in [-0.1, -0.05) is 244 Å². The standard InChI is InChI=1S/C62H71B2NSi/c1-38(2)46-33-49(40(5)6)61(50(34-46)41(7)8)63-53-24-15-16-25-54(53)64(62-51(42(9)10)35-47(39(3)4)36-52(62)43(11)12)56-37-45(30-31-55(56)63)44-22-21-23-48(32-44)65-57-26-17-19-28-59(57)66(13,14)60-29-20-18-27-58(60)65/h15-43H,1-14H3. The molecule has 0 N–H and O–H groups in total. The Morgan fingerprint density at radius 2 is 0.758 bits per heavy atom. The van der Waals surface area contributed by atoms with Crippen molar-refractivity contribution in [3.8, 4) is 11.1 Å². The summed E-state index contributed by atoms with van der Waals surface area (Å²) in [5.41, 5.74) is 24.0. The van der Waals surface area contributed by atoms with Gasteiger partial charge in [0.15, 0.2) is 0 Å². The van der Waals surface area contributed by atoms with E-state index >= 15 is 0 Å². The van der Waals surface area contributed by atoms with E-state index in [1.54, 1.807) is 0 Å². The molecule has 0 unspecified atom stereocenters. The minimum Gasteiger partial charge on any atom is -0.311 e. The molecule has 9 rings (SSSR count). The zero-order chi connectivity index (χ0) is 46.9. The first-order chi connectivity index (χ1) is 31.5. The third kappa shape index (κ3) is 7.76. The lowest BCUT2D eigenvalue weighted by atomic mass is 9.20. The van der Waals surface area contributed by atoms with Gasteiger partial charge in [-0.2, -0.15) is 0 Å². The summed E-state index contributed by atoms with van der Waals surface area (Å²) >= 11 is 0. The summed E-state index contributed by atoms with van der Waals surface area (Å²) in [6.07, 6.45) is 0. The Morgan fingerprint density at radius 1 is 0.364 bits per heavy atom. The normalized spacial score (nSPS) is 14.2. The zero-order valence-corrected chi connectivity index (χ0v) is 43.3. The fourth-order valence-corrected chi connectivity index (χ4v) is 14.7. The topological polar surface area (TPSA) is 3.24 Å². The maximum atomic E-state index is 2.62. The van der Waals surface area contributed by atoms with Crippen molar-refractivity contribution in [3.63, 3.8) is 0 Å². The molecule has 0 atom stereocenters. The molecule has 0 radical (unpaired) electrons. The van der Waals surface area contributed by atoms with Crippen LogP contribution in [0.25, 0.3) is 11.1 Å². The second-order valence-electron chi connectivity index (χ2n) is 22.0. The summed E-state index contributed by atoms with van der Waals surface area (Å²) in [6.45, 7) is 33.9. The van der Waals surface area contributed by atoms with Gasteiger partial charge in [0.25, 0.3) is 0 Å². The van der Waals surface area contributed by atoms with Gasteiger partial charge in [-0.25, -0.2) is 0 Å². The van der Waals surface area contributed by atoms with Crippen LogP contribution in [0.1, 0.15) is 152 Å². The lowest BCUT2D eigenvalue weighted by Gasteiger charge is -2.41. The number of fused-ring (bicyclic) bond motifs is 4. The lowest BCUT2D eigenvalue weighted by Crippen LogP contribution is -2.76. The van der Waals surface area contributed by atoms with Crippen LogP contribution in [-0.2, 0) is 0 Å². The van der Waals surface area contributed by atoms with E-state index in [0.29, 0.717) is 35.5 Å². The van der Waals surface area contributed by atoms with Crippen molar-refractivity contribution < 1.29 is 0 Å². The van der Waals surface area contributed by atoms with E-state index in [4.69, 9.17) is 0 Å². The Hall–Kier alpha value is -5.31. The van der Waals surface area contributed by atoms with Crippen LogP contribution < -0.4 is 48.1 Å². The predicted molar refractivity (Wildman–Crippen MR) is 296 cm³/mol. The Morgan fingerprint density at radius 3 is 1.20 bits per heavy atom. The monoisotopic (exact) mass is 880 g/mol. The van der Waals surface area contributed by atoms with Gasteiger partial charge in [-0.05, 0) is 115 Å². The number of rotatable bonds is 10. The fraction of sp³-hybridized carbons (Fsp3) is 0.323. The van der Waals surface area contributed by atoms with E-state index in [2.05, 4.69) is 241 Å². The largest absolute Gasteiger partial charge is 0.311 e. The van der Waals surface area contributed by atoms with Crippen molar-refractivity contribution in [2.24, 2.45) is 0 Å². The molecule has 7 aromatic carbocycles. The number of nitrogens with zero attached hydrogens (tertiary/aromatic N) is 1. The highest BCUT2D eigenvalue weighted by atomic mass is 28.3. The first-order valence-corrected chi connectivity index (χ1v) is 28.2. The molecule has 334 valence electrons. The van der Waals surface area contributed by atoms with E-state index in [9.17, 15) is 0 Å². The van der Waals surface area contributed by atoms with Gasteiger partial charge in [-0.3, -0.25) is 0 Å². The molecule has 0 aliphatic carbocycles. The Balaban J connectivity index is 1.33. The number of para-hydroxylation sites is 2. The molecule has 66 heavy (non-hydrogen) atoms. The molecule has 2 aliphatic rings. The SMILES string of the molecule is CC(C)c1cc(C(C)C)c(B2c3ccccc3B(c3c(C(C)C)cc(C(C)C)cc3C(C)C)c3cc(-c4cccc(N5c6ccccc6[Si](C)(C)c6ccccc65)c4)ccc32)c(C(C)C)c1. The van der Waals surface area contributed by atoms with Crippen LogP contribution >= 0.6 is 0 Å². The molecular weight excluding hydrogens is 808 g/mol. The summed E-state index contributed by atoms with van der Waals surface area (Å²) in [7, 11) is -1.91. The molecular formula is C62H71B2NSi. The lowest BCUT2D eigenvalue weighted by molar-refractivity contribution is 0.812. The Kier molecular flexibility index (Phi) is 12.3. The Labute approximate surface area is 400 Å². The van der Waals surface area contributed by atoms with Crippen LogP contribution in [-0.4, -0.2) is 21.5 Å². The minimum absolute atomic E-state index is 0.0829.